The smallest absolute Gasteiger partial charge is 0.236 e. The van der Waals surface area contributed by atoms with E-state index >= 15 is 0 Å². The molecule has 23 heavy (non-hydrogen) atoms. The molecular weight excluding hydrogens is 288 g/mol. The zero-order valence-corrected chi connectivity index (χ0v) is 14.9. The van der Waals surface area contributed by atoms with Gasteiger partial charge in [0.2, 0.25) is 5.91 Å². The van der Waals surface area contributed by atoms with Gasteiger partial charge < -0.3 is 4.90 Å². The minimum atomic E-state index is 0.247. The summed E-state index contributed by atoms with van der Waals surface area (Å²) in [4.78, 5) is 25.9. The van der Waals surface area contributed by atoms with Crippen LogP contribution < -0.4 is 0 Å². The highest BCUT2D eigenvalue weighted by molar-refractivity contribution is 5.78. The summed E-state index contributed by atoms with van der Waals surface area (Å²) in [7, 11) is 2.01. The maximum atomic E-state index is 12.5. The van der Waals surface area contributed by atoms with Crippen LogP contribution in [0.1, 0.15) is 56.6 Å². The minimum Gasteiger partial charge on any atom is -0.341 e. The van der Waals surface area contributed by atoms with Crippen LogP contribution in [0.5, 0.6) is 0 Å². The summed E-state index contributed by atoms with van der Waals surface area (Å²) in [5, 5.41) is 0. The standard InChI is InChI=1S/C18H28N4O/c1-11(2)18-19-7-14-15-9-22(8-13(15)6-16(14)20-18)17(23)10-21(5)12(3)4/h7,11-13,15H,6,8-10H2,1-5H3. The molecule has 2 unspecified atom stereocenters. The Hall–Kier alpha value is -1.49. The van der Waals surface area contributed by atoms with Crippen molar-refractivity contribution in [1.82, 2.24) is 19.8 Å². The Morgan fingerprint density at radius 2 is 2.09 bits per heavy atom. The van der Waals surface area contributed by atoms with Gasteiger partial charge in [0.15, 0.2) is 0 Å². The fraction of sp³-hybridized carbons (Fsp3) is 0.722. The lowest BCUT2D eigenvalue weighted by Gasteiger charge is -2.24. The maximum absolute atomic E-state index is 12.5. The van der Waals surface area contributed by atoms with Gasteiger partial charge in [-0.25, -0.2) is 9.97 Å². The van der Waals surface area contributed by atoms with Gasteiger partial charge in [-0.15, -0.1) is 0 Å². The molecule has 1 aromatic heterocycles. The normalized spacial score (nSPS) is 23.0. The lowest BCUT2D eigenvalue weighted by atomic mass is 9.97. The lowest BCUT2D eigenvalue weighted by molar-refractivity contribution is -0.131. The summed E-state index contributed by atoms with van der Waals surface area (Å²) >= 11 is 0. The molecule has 0 aromatic carbocycles. The number of hydrogen-bond acceptors (Lipinski definition) is 4. The molecule has 0 bridgehead atoms. The first kappa shape index (κ1) is 16.4. The fourth-order valence-corrected chi connectivity index (χ4v) is 3.57. The molecule has 1 aromatic rings. The van der Waals surface area contributed by atoms with Gasteiger partial charge in [-0.05, 0) is 38.8 Å². The number of aromatic nitrogens is 2. The highest BCUT2D eigenvalue weighted by Gasteiger charge is 2.42. The van der Waals surface area contributed by atoms with Gasteiger partial charge in [0.25, 0.3) is 0 Å². The average molecular weight is 316 g/mol. The number of amides is 1. The molecule has 0 radical (unpaired) electrons. The Morgan fingerprint density at radius 1 is 1.35 bits per heavy atom. The van der Waals surface area contributed by atoms with Crippen molar-refractivity contribution in [2.24, 2.45) is 5.92 Å². The van der Waals surface area contributed by atoms with Crippen molar-refractivity contribution in [2.75, 3.05) is 26.7 Å². The van der Waals surface area contributed by atoms with Crippen LogP contribution in [0.3, 0.4) is 0 Å². The molecule has 5 nitrogen and oxygen atoms in total. The van der Waals surface area contributed by atoms with Crippen molar-refractivity contribution in [1.29, 1.82) is 0 Å². The Kier molecular flexibility index (Phi) is 4.41. The van der Waals surface area contributed by atoms with Crippen LogP contribution in [0.15, 0.2) is 6.20 Å². The molecule has 1 aliphatic carbocycles. The number of likely N-dealkylation sites (N-methyl/N-ethyl adjacent to an activating group) is 1. The van der Waals surface area contributed by atoms with Crippen LogP contribution in [-0.2, 0) is 11.2 Å². The van der Waals surface area contributed by atoms with Gasteiger partial charge in [0.05, 0.1) is 6.54 Å². The summed E-state index contributed by atoms with van der Waals surface area (Å²) in [6, 6.07) is 0.393. The second-order valence-electron chi connectivity index (χ2n) is 7.66. The molecule has 1 aliphatic heterocycles. The summed E-state index contributed by atoms with van der Waals surface area (Å²) in [6.07, 6.45) is 3.00. The minimum absolute atomic E-state index is 0.247. The SMILES string of the molecule is CC(C)c1ncc2c(n1)CC1CN(C(=O)CN(C)C(C)C)CC21. The highest BCUT2D eigenvalue weighted by atomic mass is 16.2. The molecule has 2 atom stereocenters. The zero-order valence-electron chi connectivity index (χ0n) is 14.9. The quantitative estimate of drug-likeness (QED) is 0.853. The first-order valence-corrected chi connectivity index (χ1v) is 8.70. The van der Waals surface area contributed by atoms with E-state index in [-0.39, 0.29) is 5.91 Å². The first-order chi connectivity index (χ1) is 10.9. The summed E-state index contributed by atoms with van der Waals surface area (Å²) < 4.78 is 0. The molecule has 2 heterocycles. The van der Waals surface area contributed by atoms with E-state index < -0.39 is 0 Å². The molecule has 3 rings (SSSR count). The van der Waals surface area contributed by atoms with E-state index in [1.165, 1.54) is 11.3 Å². The van der Waals surface area contributed by atoms with Crippen LogP contribution >= 0.6 is 0 Å². The molecule has 126 valence electrons. The largest absolute Gasteiger partial charge is 0.341 e. The topological polar surface area (TPSA) is 49.3 Å². The van der Waals surface area contributed by atoms with E-state index in [0.717, 1.165) is 25.3 Å². The summed E-state index contributed by atoms with van der Waals surface area (Å²) in [5.41, 5.74) is 2.48. The lowest BCUT2D eigenvalue weighted by Crippen LogP contribution is -2.40. The Labute approximate surface area is 139 Å². The van der Waals surface area contributed by atoms with E-state index in [1.54, 1.807) is 0 Å². The molecule has 1 saturated heterocycles. The van der Waals surface area contributed by atoms with Crippen molar-refractivity contribution in [3.8, 4) is 0 Å². The summed E-state index contributed by atoms with van der Waals surface area (Å²) in [5.74, 6) is 2.51. The van der Waals surface area contributed by atoms with Crippen LogP contribution in [0.25, 0.3) is 0 Å². The molecule has 1 fully saturated rings. The zero-order chi connectivity index (χ0) is 16.7. The number of nitrogens with zero attached hydrogens (tertiary/aromatic N) is 4. The van der Waals surface area contributed by atoms with Crippen LogP contribution in [0.2, 0.25) is 0 Å². The van der Waals surface area contributed by atoms with Crippen molar-refractivity contribution in [3.63, 3.8) is 0 Å². The van der Waals surface area contributed by atoms with Gasteiger partial charge in [-0.3, -0.25) is 9.69 Å². The highest BCUT2D eigenvalue weighted by Crippen LogP contribution is 2.42. The maximum Gasteiger partial charge on any atom is 0.236 e. The number of rotatable bonds is 4. The predicted molar refractivity (Wildman–Crippen MR) is 90.4 cm³/mol. The van der Waals surface area contributed by atoms with Crippen molar-refractivity contribution in [2.45, 2.75) is 52.0 Å². The molecule has 1 amide bonds. The van der Waals surface area contributed by atoms with E-state index in [4.69, 9.17) is 4.98 Å². The number of fused-ring (bicyclic) bond motifs is 3. The van der Waals surface area contributed by atoms with Crippen molar-refractivity contribution < 1.29 is 4.79 Å². The second-order valence-corrected chi connectivity index (χ2v) is 7.66. The van der Waals surface area contributed by atoms with E-state index in [2.05, 4.69) is 37.6 Å². The van der Waals surface area contributed by atoms with Gasteiger partial charge in [0.1, 0.15) is 5.82 Å². The molecule has 2 aliphatic rings. The van der Waals surface area contributed by atoms with Crippen molar-refractivity contribution in [3.05, 3.63) is 23.3 Å². The Balaban J connectivity index is 1.68. The third-order valence-electron chi connectivity index (χ3n) is 5.35. The van der Waals surface area contributed by atoms with Gasteiger partial charge in [0, 0.05) is 42.9 Å². The first-order valence-electron chi connectivity index (χ1n) is 8.70. The summed E-state index contributed by atoms with van der Waals surface area (Å²) in [6.45, 7) is 10.7. The molecule has 0 spiro atoms. The number of carbonyl (C=O) groups excluding carboxylic acids is 1. The number of hydrogen-bond donors (Lipinski definition) is 0. The van der Waals surface area contributed by atoms with E-state index in [0.29, 0.717) is 30.3 Å². The molecular formula is C18H28N4O. The third-order valence-corrected chi connectivity index (χ3v) is 5.35. The van der Waals surface area contributed by atoms with E-state index in [9.17, 15) is 4.79 Å². The van der Waals surface area contributed by atoms with Crippen LogP contribution in [0, 0.1) is 5.92 Å². The second kappa shape index (κ2) is 6.19. The third kappa shape index (κ3) is 3.11. The van der Waals surface area contributed by atoms with Crippen LogP contribution in [0.4, 0.5) is 0 Å². The number of likely N-dealkylation sites (tertiary alicyclic amines) is 1. The predicted octanol–water partition coefficient (Wildman–Crippen LogP) is 2.04. The molecule has 5 heteroatoms. The van der Waals surface area contributed by atoms with Gasteiger partial charge >= 0.3 is 0 Å². The Morgan fingerprint density at radius 3 is 2.74 bits per heavy atom. The van der Waals surface area contributed by atoms with E-state index in [1.807, 2.05) is 18.1 Å². The van der Waals surface area contributed by atoms with Gasteiger partial charge in [-0.2, -0.15) is 0 Å². The molecule has 0 N–H and O–H groups in total. The number of carbonyl (C=O) groups is 1. The average Bonchev–Trinajstić information content (AvgIpc) is 3.03. The Bertz CT molecular complexity index is 599. The monoisotopic (exact) mass is 316 g/mol. The molecule has 0 saturated carbocycles. The van der Waals surface area contributed by atoms with Crippen molar-refractivity contribution >= 4 is 5.91 Å². The fourth-order valence-electron chi connectivity index (χ4n) is 3.57. The van der Waals surface area contributed by atoms with Crippen LogP contribution in [-0.4, -0.2) is 58.4 Å². The van der Waals surface area contributed by atoms with Gasteiger partial charge in [-0.1, -0.05) is 13.8 Å².